The van der Waals surface area contributed by atoms with Crippen LogP contribution in [0, 0.1) is 6.92 Å². The van der Waals surface area contributed by atoms with Crippen molar-refractivity contribution in [3.63, 3.8) is 0 Å². The van der Waals surface area contributed by atoms with E-state index in [2.05, 4.69) is 58.7 Å². The number of rotatable bonds is 8. The number of pyridine rings is 1. The van der Waals surface area contributed by atoms with Crippen molar-refractivity contribution in [1.29, 1.82) is 0 Å². The van der Waals surface area contributed by atoms with E-state index in [9.17, 15) is 0 Å². The van der Waals surface area contributed by atoms with E-state index < -0.39 is 0 Å². The van der Waals surface area contributed by atoms with Gasteiger partial charge in [-0.2, -0.15) is 0 Å². The molecule has 2 aromatic rings. The van der Waals surface area contributed by atoms with Crippen LogP contribution in [0.2, 0.25) is 0 Å². The van der Waals surface area contributed by atoms with Gasteiger partial charge in [0.15, 0.2) is 0 Å². The Bertz CT molecular complexity index is 525. The highest BCUT2D eigenvalue weighted by molar-refractivity contribution is 7.10. The van der Waals surface area contributed by atoms with E-state index in [0.717, 1.165) is 37.6 Å². The molecule has 0 saturated heterocycles. The molecule has 0 aliphatic heterocycles. The maximum absolute atomic E-state index is 4.58. The number of aromatic nitrogens is 1. The zero-order valence-corrected chi connectivity index (χ0v) is 14.0. The van der Waals surface area contributed by atoms with E-state index in [1.807, 2.05) is 24.3 Å². The SMILES string of the molecule is CCN(CCNC(C)c1cccs1)Cc1cccc(C)n1. The fraction of sp³-hybridized carbons (Fsp3) is 0.471. The molecular formula is C17H25N3S. The molecule has 1 unspecified atom stereocenters. The minimum atomic E-state index is 0.431. The lowest BCUT2D eigenvalue weighted by Crippen LogP contribution is -2.32. The molecule has 0 radical (unpaired) electrons. The summed E-state index contributed by atoms with van der Waals surface area (Å²) < 4.78 is 0. The van der Waals surface area contributed by atoms with Crippen molar-refractivity contribution in [2.45, 2.75) is 33.4 Å². The summed E-state index contributed by atoms with van der Waals surface area (Å²) in [7, 11) is 0. The highest BCUT2D eigenvalue weighted by atomic mass is 32.1. The van der Waals surface area contributed by atoms with E-state index in [0.29, 0.717) is 6.04 Å². The molecule has 0 amide bonds. The van der Waals surface area contributed by atoms with Gasteiger partial charge in [0.05, 0.1) is 5.69 Å². The fourth-order valence-electron chi connectivity index (χ4n) is 2.34. The molecule has 1 N–H and O–H groups in total. The Kier molecular flexibility index (Phi) is 6.36. The lowest BCUT2D eigenvalue weighted by Gasteiger charge is -2.21. The van der Waals surface area contributed by atoms with Crippen LogP contribution in [0.5, 0.6) is 0 Å². The smallest absolute Gasteiger partial charge is 0.0547 e. The van der Waals surface area contributed by atoms with Crippen molar-refractivity contribution in [2.75, 3.05) is 19.6 Å². The maximum atomic E-state index is 4.58. The molecule has 114 valence electrons. The van der Waals surface area contributed by atoms with Crippen molar-refractivity contribution in [3.05, 3.63) is 52.0 Å². The third-order valence-electron chi connectivity index (χ3n) is 3.63. The topological polar surface area (TPSA) is 28.2 Å². The predicted octanol–water partition coefficient (Wildman–Crippen LogP) is 3.62. The molecule has 21 heavy (non-hydrogen) atoms. The summed E-state index contributed by atoms with van der Waals surface area (Å²) in [5.41, 5.74) is 2.25. The summed E-state index contributed by atoms with van der Waals surface area (Å²) >= 11 is 1.81. The third-order valence-corrected chi connectivity index (χ3v) is 4.68. The molecule has 4 heteroatoms. The second kappa shape index (κ2) is 8.27. The zero-order valence-electron chi connectivity index (χ0n) is 13.2. The second-order valence-corrected chi connectivity index (χ2v) is 6.31. The average molecular weight is 303 g/mol. The van der Waals surface area contributed by atoms with E-state index in [1.54, 1.807) is 0 Å². The minimum absolute atomic E-state index is 0.431. The van der Waals surface area contributed by atoms with Crippen LogP contribution in [-0.2, 0) is 6.54 Å². The van der Waals surface area contributed by atoms with Crippen LogP contribution >= 0.6 is 11.3 Å². The Balaban J connectivity index is 1.77. The molecule has 0 bridgehead atoms. The monoisotopic (exact) mass is 303 g/mol. The molecule has 2 rings (SSSR count). The molecule has 2 heterocycles. The highest BCUT2D eigenvalue weighted by Crippen LogP contribution is 2.17. The number of nitrogens with one attached hydrogen (secondary N) is 1. The van der Waals surface area contributed by atoms with Crippen LogP contribution in [0.1, 0.15) is 36.2 Å². The van der Waals surface area contributed by atoms with Crippen molar-refractivity contribution in [3.8, 4) is 0 Å². The van der Waals surface area contributed by atoms with Gasteiger partial charge in [-0.3, -0.25) is 9.88 Å². The molecule has 0 saturated carbocycles. The first-order valence-electron chi connectivity index (χ1n) is 7.60. The molecular weight excluding hydrogens is 278 g/mol. The molecule has 0 aliphatic rings. The Morgan fingerprint density at radius 1 is 1.29 bits per heavy atom. The second-order valence-electron chi connectivity index (χ2n) is 5.33. The summed E-state index contributed by atoms with van der Waals surface area (Å²) in [6, 6.07) is 11.0. The molecule has 0 spiro atoms. The van der Waals surface area contributed by atoms with E-state index in [4.69, 9.17) is 0 Å². The van der Waals surface area contributed by atoms with Crippen LogP contribution in [0.3, 0.4) is 0 Å². The fourth-order valence-corrected chi connectivity index (χ4v) is 3.10. The average Bonchev–Trinajstić information content (AvgIpc) is 3.00. The van der Waals surface area contributed by atoms with Gasteiger partial charge in [0, 0.05) is 36.2 Å². The summed E-state index contributed by atoms with van der Waals surface area (Å²) in [6.07, 6.45) is 0. The van der Waals surface area contributed by atoms with Gasteiger partial charge in [-0.15, -0.1) is 11.3 Å². The molecule has 0 fully saturated rings. The molecule has 3 nitrogen and oxygen atoms in total. The van der Waals surface area contributed by atoms with Gasteiger partial charge in [-0.1, -0.05) is 19.1 Å². The highest BCUT2D eigenvalue weighted by Gasteiger charge is 2.08. The standard InChI is InChI=1S/C17H25N3S/c1-4-20(13-16-8-5-7-14(2)19-16)11-10-18-15(3)17-9-6-12-21-17/h5-9,12,15,18H,4,10-11,13H2,1-3H3. The molecule has 1 atom stereocenters. The predicted molar refractivity (Wildman–Crippen MR) is 90.7 cm³/mol. The van der Waals surface area contributed by atoms with Crippen molar-refractivity contribution < 1.29 is 0 Å². The van der Waals surface area contributed by atoms with Gasteiger partial charge < -0.3 is 5.32 Å². The molecule has 0 aromatic carbocycles. The lowest BCUT2D eigenvalue weighted by atomic mass is 10.2. The van der Waals surface area contributed by atoms with Gasteiger partial charge in [-0.25, -0.2) is 0 Å². The third kappa shape index (κ3) is 5.23. The van der Waals surface area contributed by atoms with Gasteiger partial charge in [0.2, 0.25) is 0 Å². The minimum Gasteiger partial charge on any atom is -0.308 e. The van der Waals surface area contributed by atoms with Crippen LogP contribution in [0.25, 0.3) is 0 Å². The normalized spacial score (nSPS) is 12.8. The van der Waals surface area contributed by atoms with E-state index in [-0.39, 0.29) is 0 Å². The Morgan fingerprint density at radius 3 is 2.81 bits per heavy atom. The Morgan fingerprint density at radius 2 is 2.14 bits per heavy atom. The number of likely N-dealkylation sites (N-methyl/N-ethyl adjacent to an activating group) is 1. The van der Waals surface area contributed by atoms with Crippen LogP contribution < -0.4 is 5.32 Å². The number of aryl methyl sites for hydroxylation is 1. The van der Waals surface area contributed by atoms with Gasteiger partial charge in [0.25, 0.3) is 0 Å². The summed E-state index contributed by atoms with van der Waals surface area (Å²) in [6.45, 7) is 10.5. The summed E-state index contributed by atoms with van der Waals surface area (Å²) in [5, 5.41) is 5.73. The van der Waals surface area contributed by atoms with Crippen molar-refractivity contribution in [2.24, 2.45) is 0 Å². The van der Waals surface area contributed by atoms with Crippen LogP contribution in [-0.4, -0.2) is 29.5 Å². The number of hydrogen-bond donors (Lipinski definition) is 1. The zero-order chi connectivity index (χ0) is 15.1. The number of nitrogens with zero attached hydrogens (tertiary/aromatic N) is 2. The first-order chi connectivity index (χ1) is 10.2. The molecule has 2 aromatic heterocycles. The van der Waals surface area contributed by atoms with Crippen LogP contribution in [0.15, 0.2) is 35.7 Å². The summed E-state index contributed by atoms with van der Waals surface area (Å²) in [5.74, 6) is 0. The van der Waals surface area contributed by atoms with Crippen molar-refractivity contribution in [1.82, 2.24) is 15.2 Å². The Hall–Kier alpha value is -1.23. The Labute approximate surface area is 132 Å². The van der Waals surface area contributed by atoms with Gasteiger partial charge in [-0.05, 0) is 44.0 Å². The van der Waals surface area contributed by atoms with E-state index >= 15 is 0 Å². The quantitative estimate of drug-likeness (QED) is 0.807. The van der Waals surface area contributed by atoms with Crippen LogP contribution in [0.4, 0.5) is 0 Å². The van der Waals surface area contributed by atoms with E-state index in [1.165, 1.54) is 4.88 Å². The van der Waals surface area contributed by atoms with Crippen molar-refractivity contribution >= 4 is 11.3 Å². The maximum Gasteiger partial charge on any atom is 0.0547 e. The van der Waals surface area contributed by atoms with Gasteiger partial charge >= 0.3 is 0 Å². The van der Waals surface area contributed by atoms with Gasteiger partial charge in [0.1, 0.15) is 0 Å². The number of thiophene rings is 1. The lowest BCUT2D eigenvalue weighted by molar-refractivity contribution is 0.272. The first-order valence-corrected chi connectivity index (χ1v) is 8.48. The number of hydrogen-bond acceptors (Lipinski definition) is 4. The molecule has 0 aliphatic carbocycles. The largest absolute Gasteiger partial charge is 0.308 e. The summed E-state index contributed by atoms with van der Waals surface area (Å²) in [4.78, 5) is 8.41. The first kappa shape index (κ1) is 16.1.